The molecule has 6 nitrogen and oxygen atoms in total. The Kier molecular flexibility index (Phi) is 10.6. The van der Waals surface area contributed by atoms with Crippen LogP contribution in [-0.2, 0) is 22.6 Å². The van der Waals surface area contributed by atoms with Crippen LogP contribution in [0.2, 0.25) is 0 Å². The summed E-state index contributed by atoms with van der Waals surface area (Å²) in [6.45, 7) is 3.44. The normalized spacial score (nSPS) is 18.5. The third kappa shape index (κ3) is 8.23. The Balaban J connectivity index is 1.17. The van der Waals surface area contributed by atoms with Gasteiger partial charge in [0.25, 0.3) is 5.91 Å². The van der Waals surface area contributed by atoms with Gasteiger partial charge in [-0.3, -0.25) is 9.69 Å². The number of aliphatic hydroxyl groups excluding tert-OH is 1. The van der Waals surface area contributed by atoms with Crippen LogP contribution in [0.25, 0.3) is 11.1 Å². The van der Waals surface area contributed by atoms with E-state index in [4.69, 9.17) is 9.47 Å². The molecule has 0 unspecified atom stereocenters. The molecule has 4 atom stereocenters. The van der Waals surface area contributed by atoms with Crippen LogP contribution in [0.5, 0.6) is 0 Å². The van der Waals surface area contributed by atoms with Gasteiger partial charge in [0.1, 0.15) is 0 Å². The van der Waals surface area contributed by atoms with Crippen LogP contribution in [0, 0.1) is 0 Å². The minimum Gasteiger partial charge on any atom is -0.392 e. The minimum atomic E-state index is -0.523. The van der Waals surface area contributed by atoms with Crippen LogP contribution in [0.15, 0.2) is 133 Å². The van der Waals surface area contributed by atoms with Crippen molar-refractivity contribution in [2.75, 3.05) is 13.6 Å². The molecule has 0 saturated carbocycles. The summed E-state index contributed by atoms with van der Waals surface area (Å²) >= 11 is 0. The fourth-order valence-corrected chi connectivity index (χ4v) is 6.07. The van der Waals surface area contributed by atoms with E-state index in [1.807, 2.05) is 72.8 Å². The lowest BCUT2D eigenvalue weighted by atomic mass is 9.98. The molecule has 1 amide bonds. The lowest BCUT2D eigenvalue weighted by molar-refractivity contribution is -0.253. The Hall–Kier alpha value is -4.59. The number of hydrogen-bond acceptors (Lipinski definition) is 5. The van der Waals surface area contributed by atoms with Crippen LogP contribution < -0.4 is 5.32 Å². The van der Waals surface area contributed by atoms with Gasteiger partial charge in [0, 0.05) is 36.7 Å². The summed E-state index contributed by atoms with van der Waals surface area (Å²) in [5.41, 5.74) is 8.01. The monoisotopic (exact) mass is 626 g/mol. The van der Waals surface area contributed by atoms with Crippen LogP contribution in [0.4, 0.5) is 0 Å². The van der Waals surface area contributed by atoms with E-state index >= 15 is 0 Å². The van der Waals surface area contributed by atoms with E-state index in [1.54, 1.807) is 0 Å². The first-order valence-electron chi connectivity index (χ1n) is 16.2. The number of carbonyl (C=O) groups excluding carboxylic acids is 1. The zero-order valence-corrected chi connectivity index (χ0v) is 27.0. The van der Waals surface area contributed by atoms with Crippen molar-refractivity contribution < 1.29 is 19.4 Å². The molecule has 0 aliphatic carbocycles. The summed E-state index contributed by atoms with van der Waals surface area (Å²) in [7, 11) is 2.15. The third-order valence-electron chi connectivity index (χ3n) is 8.98. The average Bonchev–Trinajstić information content (AvgIpc) is 3.14. The number of hydrogen-bond donors (Lipinski definition) is 2. The van der Waals surface area contributed by atoms with Crippen molar-refractivity contribution in [3.63, 3.8) is 0 Å². The largest absolute Gasteiger partial charge is 0.392 e. The number of likely N-dealkylation sites (N-methyl/N-ethyl adjacent to an activating group) is 1. The Bertz CT molecular complexity index is 1730. The molecule has 5 aromatic carbocycles. The number of aliphatic hydroxyl groups is 1. The Labute approximate surface area is 277 Å². The number of nitrogens with one attached hydrogen (secondary N) is 1. The second-order valence-electron chi connectivity index (χ2n) is 12.2. The van der Waals surface area contributed by atoms with Crippen LogP contribution in [0.1, 0.15) is 70.0 Å². The van der Waals surface area contributed by atoms with E-state index in [2.05, 4.69) is 84.9 Å². The predicted octanol–water partition coefficient (Wildman–Crippen LogP) is 8.01. The molecule has 6 rings (SSSR count). The van der Waals surface area contributed by atoms with Gasteiger partial charge in [-0.2, -0.15) is 0 Å². The minimum absolute atomic E-state index is 0.0138. The molecule has 1 saturated heterocycles. The topological polar surface area (TPSA) is 71.0 Å². The van der Waals surface area contributed by atoms with E-state index in [0.717, 1.165) is 46.3 Å². The van der Waals surface area contributed by atoms with Gasteiger partial charge >= 0.3 is 0 Å². The molecular formula is C41H42N2O4. The second kappa shape index (κ2) is 15.3. The van der Waals surface area contributed by atoms with Gasteiger partial charge in [-0.1, -0.05) is 115 Å². The van der Waals surface area contributed by atoms with Gasteiger partial charge in [0.2, 0.25) is 0 Å². The molecule has 1 fully saturated rings. The number of rotatable bonds is 11. The molecule has 0 bridgehead atoms. The summed E-state index contributed by atoms with van der Waals surface area (Å²) in [5, 5.41) is 12.6. The number of carbonyl (C=O) groups is 1. The maximum Gasteiger partial charge on any atom is 0.251 e. The lowest BCUT2D eigenvalue weighted by Gasteiger charge is -2.39. The Morgan fingerprint density at radius 1 is 0.787 bits per heavy atom. The maximum absolute atomic E-state index is 12.5. The first-order chi connectivity index (χ1) is 23.0. The lowest BCUT2D eigenvalue weighted by Crippen LogP contribution is -2.38. The molecule has 47 heavy (non-hydrogen) atoms. The van der Waals surface area contributed by atoms with Crippen LogP contribution >= 0.6 is 0 Å². The van der Waals surface area contributed by atoms with Crippen LogP contribution in [0.3, 0.4) is 0 Å². The molecule has 1 aliphatic rings. The van der Waals surface area contributed by atoms with E-state index in [0.29, 0.717) is 12.1 Å². The van der Waals surface area contributed by atoms with Crippen molar-refractivity contribution in [2.45, 2.75) is 51.0 Å². The SMILES string of the molecule is C[C@@H](c1ccccc1)N(C)C[C@H]1C[C@@H](c2ccc(CO)cc2)O[C@@H](c2ccc(-c3cccc(CNC(=O)c4ccccc4)c3)cc2)O1. The molecule has 1 aliphatic heterocycles. The standard InChI is InChI=1S/C41H42N2O4/c1-29(32-11-5-3-6-12-32)43(2)27-38-25-39(34-18-16-30(28-44)17-19-34)47-41(46-38)36-22-20-33(21-23-36)37-15-9-10-31(24-37)26-42-40(45)35-13-7-4-8-14-35/h3-24,29,38-39,41,44H,25-28H2,1-2H3,(H,42,45)/t29-,38+,39-,41-/m0/s1. The predicted molar refractivity (Wildman–Crippen MR) is 185 cm³/mol. The summed E-state index contributed by atoms with van der Waals surface area (Å²) in [4.78, 5) is 14.9. The molecule has 0 aromatic heterocycles. The molecule has 2 N–H and O–H groups in total. The molecule has 6 heteroatoms. The van der Waals surface area contributed by atoms with Gasteiger partial charge in [-0.05, 0) is 65.6 Å². The van der Waals surface area contributed by atoms with E-state index < -0.39 is 6.29 Å². The first-order valence-corrected chi connectivity index (χ1v) is 16.2. The summed E-state index contributed by atoms with van der Waals surface area (Å²) in [6, 6.07) is 44.6. The van der Waals surface area contributed by atoms with Crippen molar-refractivity contribution >= 4 is 5.91 Å². The van der Waals surface area contributed by atoms with Crippen molar-refractivity contribution in [2.24, 2.45) is 0 Å². The number of ether oxygens (including phenoxy) is 2. The first kappa shape index (κ1) is 32.4. The molecule has 0 radical (unpaired) electrons. The van der Waals surface area contributed by atoms with Gasteiger partial charge < -0.3 is 19.9 Å². The van der Waals surface area contributed by atoms with Crippen molar-refractivity contribution in [3.8, 4) is 11.1 Å². The highest BCUT2D eigenvalue weighted by atomic mass is 16.7. The smallest absolute Gasteiger partial charge is 0.251 e. The zero-order valence-electron chi connectivity index (χ0n) is 27.0. The number of benzene rings is 5. The van der Waals surface area contributed by atoms with E-state index in [1.165, 1.54) is 5.56 Å². The second-order valence-corrected chi connectivity index (χ2v) is 12.2. The highest BCUT2D eigenvalue weighted by Crippen LogP contribution is 2.39. The number of nitrogens with zero attached hydrogens (tertiary/aromatic N) is 1. The fourth-order valence-electron chi connectivity index (χ4n) is 6.07. The van der Waals surface area contributed by atoms with E-state index in [-0.39, 0.29) is 30.8 Å². The summed E-state index contributed by atoms with van der Waals surface area (Å²) in [5.74, 6) is -0.0884. The molecule has 5 aromatic rings. The Morgan fingerprint density at radius 3 is 2.17 bits per heavy atom. The highest BCUT2D eigenvalue weighted by molar-refractivity contribution is 5.94. The van der Waals surface area contributed by atoms with Crippen molar-refractivity contribution in [1.82, 2.24) is 10.2 Å². The molecule has 0 spiro atoms. The quantitative estimate of drug-likeness (QED) is 0.155. The van der Waals surface area contributed by atoms with Crippen molar-refractivity contribution in [1.29, 1.82) is 0 Å². The number of amides is 1. The average molecular weight is 627 g/mol. The molecular weight excluding hydrogens is 584 g/mol. The highest BCUT2D eigenvalue weighted by Gasteiger charge is 2.33. The summed E-state index contributed by atoms with van der Waals surface area (Å²) < 4.78 is 13.2. The van der Waals surface area contributed by atoms with Gasteiger partial charge in [0.15, 0.2) is 6.29 Å². The zero-order chi connectivity index (χ0) is 32.6. The van der Waals surface area contributed by atoms with Gasteiger partial charge in [0.05, 0.1) is 18.8 Å². The molecule has 240 valence electrons. The van der Waals surface area contributed by atoms with Gasteiger partial charge in [-0.15, -0.1) is 0 Å². The van der Waals surface area contributed by atoms with Crippen molar-refractivity contribution in [3.05, 3.63) is 167 Å². The fraction of sp³-hybridized carbons (Fsp3) is 0.244. The Morgan fingerprint density at radius 2 is 1.47 bits per heavy atom. The molecule has 1 heterocycles. The van der Waals surface area contributed by atoms with Gasteiger partial charge in [-0.25, -0.2) is 0 Å². The third-order valence-corrected chi connectivity index (χ3v) is 8.98. The van der Waals surface area contributed by atoms with Crippen LogP contribution in [-0.4, -0.2) is 35.6 Å². The summed E-state index contributed by atoms with van der Waals surface area (Å²) in [6.07, 6.45) is 0.0153. The maximum atomic E-state index is 12.5. The van der Waals surface area contributed by atoms with E-state index in [9.17, 15) is 9.90 Å².